The number of rotatable bonds is 5. The molecule has 0 aromatic carbocycles. The summed E-state index contributed by atoms with van der Waals surface area (Å²) in [6.45, 7) is 5.95. The molecular weight excluding hydrogens is 274 g/mol. The van der Waals surface area contributed by atoms with Gasteiger partial charge in [0.15, 0.2) is 5.84 Å². The predicted molar refractivity (Wildman–Crippen MR) is 82.3 cm³/mol. The first-order valence-electron chi connectivity index (χ1n) is 6.84. The van der Waals surface area contributed by atoms with Gasteiger partial charge in [0, 0.05) is 25.5 Å². The second kappa shape index (κ2) is 6.49. The summed E-state index contributed by atoms with van der Waals surface area (Å²) in [5.41, 5.74) is 5.86. The van der Waals surface area contributed by atoms with Gasteiger partial charge in [0.25, 0.3) is 0 Å². The topological polar surface area (TPSA) is 79.7 Å². The van der Waals surface area contributed by atoms with E-state index in [1.165, 1.54) is 0 Å². The molecule has 1 aromatic rings. The van der Waals surface area contributed by atoms with Crippen molar-refractivity contribution in [2.75, 3.05) is 25.9 Å². The van der Waals surface area contributed by atoms with Crippen LogP contribution in [0.2, 0.25) is 0 Å². The molecule has 2 rings (SSSR count). The first-order chi connectivity index (χ1) is 9.61. The molecule has 112 valence electrons. The second-order valence-electron chi connectivity index (χ2n) is 5.19. The molecule has 0 atom stereocenters. The van der Waals surface area contributed by atoms with Gasteiger partial charge in [0.1, 0.15) is 5.82 Å². The average molecular weight is 297 g/mol. The molecule has 0 aliphatic carbocycles. The van der Waals surface area contributed by atoms with Crippen LogP contribution in [0.3, 0.4) is 0 Å². The van der Waals surface area contributed by atoms with E-state index in [2.05, 4.69) is 19.6 Å². The highest BCUT2D eigenvalue weighted by Gasteiger charge is 2.37. The number of imidazole rings is 1. The number of likely N-dealkylation sites (tertiary alicyclic amines) is 1. The minimum Gasteiger partial charge on any atom is -0.409 e. The SMILES string of the molecule is CSC1(C(N)=NO)CCN(CCn2ccnc2C)CC1. The monoisotopic (exact) mass is 297 g/mol. The number of hydrogen-bond donors (Lipinski definition) is 2. The smallest absolute Gasteiger partial charge is 0.155 e. The molecule has 0 saturated carbocycles. The summed E-state index contributed by atoms with van der Waals surface area (Å²) in [5.74, 6) is 1.41. The van der Waals surface area contributed by atoms with Gasteiger partial charge in [-0.3, -0.25) is 0 Å². The van der Waals surface area contributed by atoms with Crippen LogP contribution in [0.25, 0.3) is 0 Å². The summed E-state index contributed by atoms with van der Waals surface area (Å²) in [6, 6.07) is 0. The average Bonchev–Trinajstić information content (AvgIpc) is 2.90. The molecular formula is C13H23N5OS. The lowest BCUT2D eigenvalue weighted by atomic mass is 9.94. The first-order valence-corrected chi connectivity index (χ1v) is 8.07. The standard InChI is InChI=1S/C13H23N5OS/c1-11-15-5-8-18(11)10-9-17-6-3-13(20-2,4-7-17)12(14)16-19/h5,8,19H,3-4,6-7,9-10H2,1-2H3,(H2,14,16). The molecule has 20 heavy (non-hydrogen) atoms. The normalized spacial score (nSPS) is 20.2. The van der Waals surface area contributed by atoms with Crippen molar-refractivity contribution in [2.24, 2.45) is 10.9 Å². The van der Waals surface area contributed by atoms with Crippen molar-refractivity contribution in [1.82, 2.24) is 14.5 Å². The molecule has 7 heteroatoms. The maximum Gasteiger partial charge on any atom is 0.155 e. The largest absolute Gasteiger partial charge is 0.409 e. The van der Waals surface area contributed by atoms with Gasteiger partial charge in [-0.05, 0) is 39.1 Å². The molecule has 0 radical (unpaired) electrons. The van der Waals surface area contributed by atoms with Crippen LogP contribution in [-0.4, -0.2) is 56.1 Å². The first kappa shape index (κ1) is 15.2. The third kappa shape index (κ3) is 3.09. The highest BCUT2D eigenvalue weighted by atomic mass is 32.2. The molecule has 0 unspecified atom stereocenters. The van der Waals surface area contributed by atoms with Crippen LogP contribution < -0.4 is 5.73 Å². The molecule has 0 spiro atoms. The highest BCUT2D eigenvalue weighted by molar-refractivity contribution is 8.00. The van der Waals surface area contributed by atoms with Crippen molar-refractivity contribution in [3.05, 3.63) is 18.2 Å². The van der Waals surface area contributed by atoms with Gasteiger partial charge < -0.3 is 20.4 Å². The number of aryl methyl sites for hydroxylation is 1. The van der Waals surface area contributed by atoms with Gasteiger partial charge in [-0.2, -0.15) is 11.8 Å². The second-order valence-corrected chi connectivity index (χ2v) is 6.38. The number of amidine groups is 1. The van der Waals surface area contributed by atoms with Crippen molar-refractivity contribution in [3.63, 3.8) is 0 Å². The summed E-state index contributed by atoms with van der Waals surface area (Å²) in [4.78, 5) is 6.66. The van der Waals surface area contributed by atoms with Gasteiger partial charge in [-0.1, -0.05) is 5.16 Å². The van der Waals surface area contributed by atoms with E-state index in [0.29, 0.717) is 5.84 Å². The van der Waals surface area contributed by atoms with E-state index in [0.717, 1.165) is 44.8 Å². The Morgan fingerprint density at radius 2 is 2.20 bits per heavy atom. The zero-order chi connectivity index (χ0) is 14.6. The van der Waals surface area contributed by atoms with E-state index in [9.17, 15) is 0 Å². The Balaban J connectivity index is 1.86. The number of hydrogen-bond acceptors (Lipinski definition) is 5. The number of nitrogens with two attached hydrogens (primary N) is 1. The molecule has 6 nitrogen and oxygen atoms in total. The zero-order valence-electron chi connectivity index (χ0n) is 12.1. The fraction of sp³-hybridized carbons (Fsp3) is 0.692. The van der Waals surface area contributed by atoms with Crippen LogP contribution in [-0.2, 0) is 6.54 Å². The summed E-state index contributed by atoms with van der Waals surface area (Å²) >= 11 is 1.69. The van der Waals surface area contributed by atoms with Crippen molar-refractivity contribution < 1.29 is 5.21 Å². The summed E-state index contributed by atoms with van der Waals surface area (Å²) < 4.78 is 1.97. The minimum absolute atomic E-state index is 0.198. The van der Waals surface area contributed by atoms with Gasteiger partial charge in [-0.25, -0.2) is 4.98 Å². The summed E-state index contributed by atoms with van der Waals surface area (Å²) in [5, 5.41) is 12.2. The van der Waals surface area contributed by atoms with Crippen molar-refractivity contribution in [2.45, 2.75) is 31.1 Å². The highest BCUT2D eigenvalue weighted by Crippen LogP contribution is 2.34. The Morgan fingerprint density at radius 3 is 2.70 bits per heavy atom. The Kier molecular flexibility index (Phi) is 4.93. The van der Waals surface area contributed by atoms with Gasteiger partial charge >= 0.3 is 0 Å². The van der Waals surface area contributed by atoms with E-state index < -0.39 is 0 Å². The number of oxime groups is 1. The number of thioether (sulfide) groups is 1. The Hall–Kier alpha value is -1.21. The van der Waals surface area contributed by atoms with E-state index in [1.807, 2.05) is 25.6 Å². The lowest BCUT2D eigenvalue weighted by Crippen LogP contribution is -2.50. The minimum atomic E-state index is -0.198. The van der Waals surface area contributed by atoms with E-state index in [1.54, 1.807) is 11.8 Å². The fourth-order valence-electron chi connectivity index (χ4n) is 2.68. The fourth-order valence-corrected chi connectivity index (χ4v) is 3.52. The van der Waals surface area contributed by atoms with Gasteiger partial charge in [0.2, 0.25) is 0 Å². The molecule has 2 heterocycles. The summed E-state index contributed by atoms with van der Waals surface area (Å²) in [7, 11) is 0. The third-order valence-corrected chi connectivity index (χ3v) is 5.61. The van der Waals surface area contributed by atoms with Crippen molar-refractivity contribution >= 4 is 17.6 Å². The number of piperidine rings is 1. The molecule has 1 aliphatic heterocycles. The molecule has 1 fully saturated rings. The maximum absolute atomic E-state index is 8.93. The molecule has 1 aromatic heterocycles. The van der Waals surface area contributed by atoms with E-state index in [4.69, 9.17) is 10.9 Å². The van der Waals surface area contributed by atoms with E-state index >= 15 is 0 Å². The maximum atomic E-state index is 8.93. The predicted octanol–water partition coefficient (Wildman–Crippen LogP) is 1.14. The number of nitrogens with zero attached hydrogens (tertiary/aromatic N) is 4. The van der Waals surface area contributed by atoms with Crippen LogP contribution in [0.5, 0.6) is 0 Å². The lowest BCUT2D eigenvalue weighted by molar-refractivity contribution is 0.209. The van der Waals surface area contributed by atoms with Crippen LogP contribution in [0.4, 0.5) is 0 Å². The Bertz CT molecular complexity index is 465. The molecule has 3 N–H and O–H groups in total. The van der Waals surface area contributed by atoms with E-state index in [-0.39, 0.29) is 4.75 Å². The number of aromatic nitrogens is 2. The molecule has 1 saturated heterocycles. The van der Waals surface area contributed by atoms with Crippen molar-refractivity contribution in [3.8, 4) is 0 Å². The lowest BCUT2D eigenvalue weighted by Gasteiger charge is -2.39. The molecule has 1 aliphatic rings. The van der Waals surface area contributed by atoms with Crippen LogP contribution >= 0.6 is 11.8 Å². The molecule has 0 bridgehead atoms. The Morgan fingerprint density at radius 1 is 1.50 bits per heavy atom. The van der Waals surface area contributed by atoms with Gasteiger partial charge in [-0.15, -0.1) is 0 Å². The summed E-state index contributed by atoms with van der Waals surface area (Å²) in [6.07, 6.45) is 7.73. The Labute approximate surface area is 124 Å². The van der Waals surface area contributed by atoms with Crippen molar-refractivity contribution in [1.29, 1.82) is 0 Å². The zero-order valence-corrected chi connectivity index (χ0v) is 12.9. The van der Waals surface area contributed by atoms with Gasteiger partial charge in [0.05, 0.1) is 4.75 Å². The molecule has 0 amide bonds. The van der Waals surface area contributed by atoms with Crippen LogP contribution in [0.1, 0.15) is 18.7 Å². The van der Waals surface area contributed by atoms with Crippen LogP contribution in [0, 0.1) is 6.92 Å². The quantitative estimate of drug-likeness (QED) is 0.369. The van der Waals surface area contributed by atoms with Crippen LogP contribution in [0.15, 0.2) is 17.5 Å². The third-order valence-electron chi connectivity index (χ3n) is 4.21.